The molecule has 108 valence electrons. The first-order valence-corrected chi connectivity index (χ1v) is 6.97. The number of nitrogens with zero attached hydrogens (tertiary/aromatic N) is 1. The molecule has 1 aromatic carbocycles. The molecule has 3 rings (SSSR count). The lowest BCUT2D eigenvalue weighted by Crippen LogP contribution is -2.01. The maximum absolute atomic E-state index is 5.85. The summed E-state index contributed by atoms with van der Waals surface area (Å²) in [7, 11) is 1.64. The van der Waals surface area contributed by atoms with Crippen molar-refractivity contribution in [3.63, 3.8) is 0 Å². The third-order valence-corrected chi connectivity index (χ3v) is 3.49. The fraction of sp³-hybridized carbons (Fsp3) is 0.188. The van der Waals surface area contributed by atoms with Gasteiger partial charge in [-0.3, -0.25) is 0 Å². The molecule has 0 bridgehead atoms. The van der Waals surface area contributed by atoms with E-state index in [2.05, 4.69) is 10.3 Å². The molecule has 21 heavy (non-hydrogen) atoms. The standard InChI is InChI=1S/C16H15ClN2O2/c1-10-13(6-7-15(17)19-10)18-9-12-8-11-4-3-5-14(20-2)16(11)21-12/h3-8,18H,9H2,1-2H3. The van der Waals surface area contributed by atoms with Crippen LogP contribution in [0, 0.1) is 6.92 Å². The molecule has 2 heterocycles. The highest BCUT2D eigenvalue weighted by Gasteiger charge is 2.09. The highest BCUT2D eigenvalue weighted by atomic mass is 35.5. The van der Waals surface area contributed by atoms with E-state index in [0.717, 1.165) is 33.9 Å². The predicted molar refractivity (Wildman–Crippen MR) is 84.1 cm³/mol. The molecule has 3 aromatic rings. The van der Waals surface area contributed by atoms with Crippen LogP contribution in [0.15, 0.2) is 40.8 Å². The van der Waals surface area contributed by atoms with E-state index < -0.39 is 0 Å². The summed E-state index contributed by atoms with van der Waals surface area (Å²) in [5.41, 5.74) is 2.56. The summed E-state index contributed by atoms with van der Waals surface area (Å²) in [5, 5.41) is 4.82. The molecule has 0 spiro atoms. The molecule has 0 fully saturated rings. The zero-order valence-corrected chi connectivity index (χ0v) is 12.6. The monoisotopic (exact) mass is 302 g/mol. The second kappa shape index (κ2) is 5.66. The van der Waals surface area contributed by atoms with E-state index in [1.807, 2.05) is 37.3 Å². The van der Waals surface area contributed by atoms with Crippen LogP contribution in [-0.4, -0.2) is 12.1 Å². The smallest absolute Gasteiger partial charge is 0.176 e. The van der Waals surface area contributed by atoms with Crippen molar-refractivity contribution < 1.29 is 9.15 Å². The minimum absolute atomic E-state index is 0.492. The minimum Gasteiger partial charge on any atom is -0.493 e. The van der Waals surface area contributed by atoms with Crippen molar-refractivity contribution in [1.29, 1.82) is 0 Å². The molecule has 4 nitrogen and oxygen atoms in total. The number of halogens is 1. The Labute approximate surface area is 127 Å². The Balaban J connectivity index is 1.82. The number of nitrogens with one attached hydrogen (secondary N) is 1. The van der Waals surface area contributed by atoms with E-state index in [0.29, 0.717) is 11.7 Å². The highest BCUT2D eigenvalue weighted by molar-refractivity contribution is 6.29. The number of furan rings is 1. The molecule has 0 radical (unpaired) electrons. The van der Waals surface area contributed by atoms with Crippen LogP contribution in [0.3, 0.4) is 0 Å². The Bertz CT molecular complexity index is 783. The molecule has 1 N–H and O–H groups in total. The van der Waals surface area contributed by atoms with Crippen molar-refractivity contribution in [2.24, 2.45) is 0 Å². The SMILES string of the molecule is COc1cccc2cc(CNc3ccc(Cl)nc3C)oc12. The number of methoxy groups -OCH3 is 1. The first-order valence-electron chi connectivity index (χ1n) is 6.60. The third-order valence-electron chi connectivity index (χ3n) is 3.28. The summed E-state index contributed by atoms with van der Waals surface area (Å²) < 4.78 is 11.1. The number of hydrogen-bond acceptors (Lipinski definition) is 4. The van der Waals surface area contributed by atoms with Crippen LogP contribution in [0.2, 0.25) is 5.15 Å². The zero-order chi connectivity index (χ0) is 14.8. The second-order valence-electron chi connectivity index (χ2n) is 4.71. The summed E-state index contributed by atoms with van der Waals surface area (Å²) in [4.78, 5) is 4.21. The number of benzene rings is 1. The molecule has 0 aliphatic rings. The molecular weight excluding hydrogens is 288 g/mol. The lowest BCUT2D eigenvalue weighted by molar-refractivity contribution is 0.408. The van der Waals surface area contributed by atoms with Crippen LogP contribution in [0.4, 0.5) is 5.69 Å². The number of pyridine rings is 1. The summed E-state index contributed by atoms with van der Waals surface area (Å²) in [6.07, 6.45) is 0. The average molecular weight is 303 g/mol. The molecule has 0 saturated carbocycles. The van der Waals surface area contributed by atoms with Crippen LogP contribution >= 0.6 is 11.6 Å². The van der Waals surface area contributed by atoms with Gasteiger partial charge < -0.3 is 14.5 Å². The number of aromatic nitrogens is 1. The zero-order valence-electron chi connectivity index (χ0n) is 11.8. The average Bonchev–Trinajstić information content (AvgIpc) is 2.89. The van der Waals surface area contributed by atoms with Gasteiger partial charge in [0.15, 0.2) is 11.3 Å². The van der Waals surface area contributed by atoms with Gasteiger partial charge in [-0.15, -0.1) is 0 Å². The van der Waals surface area contributed by atoms with E-state index in [1.54, 1.807) is 13.2 Å². The van der Waals surface area contributed by atoms with Gasteiger partial charge in [0, 0.05) is 5.39 Å². The van der Waals surface area contributed by atoms with Crippen molar-refractivity contribution in [3.8, 4) is 5.75 Å². The summed E-state index contributed by atoms with van der Waals surface area (Å²) in [5.74, 6) is 1.58. The van der Waals surface area contributed by atoms with E-state index in [4.69, 9.17) is 20.8 Å². The van der Waals surface area contributed by atoms with E-state index in [-0.39, 0.29) is 0 Å². The topological polar surface area (TPSA) is 47.3 Å². The molecular formula is C16H15ClN2O2. The second-order valence-corrected chi connectivity index (χ2v) is 5.10. The number of fused-ring (bicyclic) bond motifs is 1. The molecule has 0 unspecified atom stereocenters. The van der Waals surface area contributed by atoms with Gasteiger partial charge in [-0.2, -0.15) is 0 Å². The van der Waals surface area contributed by atoms with Crippen molar-refractivity contribution in [1.82, 2.24) is 4.98 Å². The molecule has 0 aliphatic carbocycles. The van der Waals surface area contributed by atoms with Crippen LogP contribution < -0.4 is 10.1 Å². The van der Waals surface area contributed by atoms with Crippen molar-refractivity contribution in [2.45, 2.75) is 13.5 Å². The predicted octanol–water partition coefficient (Wildman–Crippen LogP) is 4.41. The number of hydrogen-bond donors (Lipinski definition) is 1. The van der Waals surface area contributed by atoms with Crippen LogP contribution in [0.25, 0.3) is 11.0 Å². The Hall–Kier alpha value is -2.20. The van der Waals surface area contributed by atoms with E-state index in [9.17, 15) is 0 Å². The van der Waals surface area contributed by atoms with Crippen molar-refractivity contribution >= 4 is 28.3 Å². The lowest BCUT2D eigenvalue weighted by atomic mass is 10.2. The number of ether oxygens (including phenoxy) is 1. The van der Waals surface area contributed by atoms with Gasteiger partial charge in [-0.25, -0.2) is 4.98 Å². The largest absolute Gasteiger partial charge is 0.493 e. The van der Waals surface area contributed by atoms with Crippen molar-refractivity contribution in [3.05, 3.63) is 53.0 Å². The fourth-order valence-electron chi connectivity index (χ4n) is 2.24. The first kappa shape index (κ1) is 13.8. The lowest BCUT2D eigenvalue weighted by Gasteiger charge is -2.07. The Kier molecular flexibility index (Phi) is 3.71. The molecule has 0 amide bonds. The number of para-hydroxylation sites is 1. The van der Waals surface area contributed by atoms with Gasteiger partial charge in [0.25, 0.3) is 0 Å². The molecule has 0 aliphatic heterocycles. The van der Waals surface area contributed by atoms with Gasteiger partial charge >= 0.3 is 0 Å². The number of rotatable bonds is 4. The molecule has 0 atom stereocenters. The van der Waals surface area contributed by atoms with Gasteiger partial charge in [0.05, 0.1) is 25.0 Å². The fourth-order valence-corrected chi connectivity index (χ4v) is 2.43. The van der Waals surface area contributed by atoms with Gasteiger partial charge in [0.1, 0.15) is 10.9 Å². The van der Waals surface area contributed by atoms with Gasteiger partial charge in [-0.05, 0) is 31.2 Å². The molecule has 0 saturated heterocycles. The van der Waals surface area contributed by atoms with Crippen LogP contribution in [-0.2, 0) is 6.54 Å². The number of anilines is 1. The maximum atomic E-state index is 5.85. The summed E-state index contributed by atoms with van der Waals surface area (Å²) >= 11 is 5.85. The maximum Gasteiger partial charge on any atom is 0.176 e. The normalized spacial score (nSPS) is 10.8. The van der Waals surface area contributed by atoms with Crippen molar-refractivity contribution in [2.75, 3.05) is 12.4 Å². The Morgan fingerprint density at radius 1 is 1.29 bits per heavy atom. The van der Waals surface area contributed by atoms with Crippen LogP contribution in [0.1, 0.15) is 11.5 Å². The van der Waals surface area contributed by atoms with Gasteiger partial charge in [-0.1, -0.05) is 23.7 Å². The molecule has 2 aromatic heterocycles. The van der Waals surface area contributed by atoms with Gasteiger partial charge in [0.2, 0.25) is 0 Å². The van der Waals surface area contributed by atoms with Crippen LogP contribution in [0.5, 0.6) is 5.75 Å². The minimum atomic E-state index is 0.492. The molecule has 5 heteroatoms. The van der Waals surface area contributed by atoms with E-state index >= 15 is 0 Å². The first-order chi connectivity index (χ1) is 10.2. The third kappa shape index (κ3) is 2.81. The number of aryl methyl sites for hydroxylation is 1. The highest BCUT2D eigenvalue weighted by Crippen LogP contribution is 2.29. The quantitative estimate of drug-likeness (QED) is 0.725. The summed E-state index contributed by atoms with van der Waals surface area (Å²) in [6, 6.07) is 11.5. The Morgan fingerprint density at radius 3 is 2.90 bits per heavy atom. The summed E-state index contributed by atoms with van der Waals surface area (Å²) in [6.45, 7) is 2.48. The van der Waals surface area contributed by atoms with E-state index in [1.165, 1.54) is 0 Å². The Morgan fingerprint density at radius 2 is 2.14 bits per heavy atom.